The van der Waals surface area contributed by atoms with E-state index in [1.165, 1.54) is 11.9 Å². The van der Waals surface area contributed by atoms with Crippen molar-refractivity contribution in [2.24, 2.45) is 0 Å². The predicted molar refractivity (Wildman–Crippen MR) is 137 cm³/mol. The van der Waals surface area contributed by atoms with Gasteiger partial charge in [-0.3, -0.25) is 9.69 Å². The molecule has 0 bridgehead atoms. The Kier molecular flexibility index (Phi) is 8.62. The molecular formula is C24H38BN3O5Si. The number of anilines is 1. The van der Waals surface area contributed by atoms with Gasteiger partial charge in [0.2, 0.25) is 5.91 Å². The summed E-state index contributed by atoms with van der Waals surface area (Å²) >= 11 is 0. The highest BCUT2D eigenvalue weighted by Crippen LogP contribution is 2.36. The van der Waals surface area contributed by atoms with Crippen molar-refractivity contribution in [1.82, 2.24) is 9.88 Å². The standard InChI is InChI=1S/C24H38BN3O5Si/c1-15(2)34(16(3)4)14-13-20-19(25(31)33-18(34)6)11-12-21(26-20)27-22(29)17(5)28(10)23(30)32-24(7,8)9/h11-12,15-18,31H,1-10H3,(H,26,27,29). The first kappa shape index (κ1) is 27.9. The van der Waals surface area contributed by atoms with Gasteiger partial charge in [0, 0.05) is 18.2 Å². The van der Waals surface area contributed by atoms with Crippen LogP contribution in [0.3, 0.4) is 0 Å². The van der Waals surface area contributed by atoms with Gasteiger partial charge >= 0.3 is 13.2 Å². The summed E-state index contributed by atoms with van der Waals surface area (Å²) in [5.74, 6) is 3.08. The van der Waals surface area contributed by atoms with Crippen molar-refractivity contribution in [1.29, 1.82) is 0 Å². The summed E-state index contributed by atoms with van der Waals surface area (Å²) in [6, 6.07) is 2.46. The van der Waals surface area contributed by atoms with Gasteiger partial charge in [0.15, 0.2) is 8.07 Å². The van der Waals surface area contributed by atoms with E-state index < -0.39 is 38.8 Å². The van der Waals surface area contributed by atoms with Crippen LogP contribution in [0.2, 0.25) is 11.1 Å². The summed E-state index contributed by atoms with van der Waals surface area (Å²) in [7, 11) is -1.92. The highest BCUT2D eigenvalue weighted by molar-refractivity contribution is 6.91. The topological polar surface area (TPSA) is 101 Å². The molecule has 2 heterocycles. The number of pyridine rings is 1. The lowest BCUT2D eigenvalue weighted by Gasteiger charge is -2.40. The van der Waals surface area contributed by atoms with Crippen LogP contribution in [0, 0.1) is 11.5 Å². The number of hydrogen-bond donors (Lipinski definition) is 2. The molecular weight excluding hydrogens is 449 g/mol. The second-order valence-corrected chi connectivity index (χ2v) is 15.8. The van der Waals surface area contributed by atoms with Gasteiger partial charge in [0.05, 0.1) is 0 Å². The Hall–Kier alpha value is -2.35. The van der Waals surface area contributed by atoms with Gasteiger partial charge < -0.3 is 19.7 Å². The zero-order valence-corrected chi connectivity index (χ0v) is 23.0. The van der Waals surface area contributed by atoms with Crippen molar-refractivity contribution >= 4 is 38.5 Å². The van der Waals surface area contributed by atoms with Gasteiger partial charge in [-0.15, -0.1) is 5.54 Å². The summed E-state index contributed by atoms with van der Waals surface area (Å²) in [6.07, 6.45) is -0.592. The van der Waals surface area contributed by atoms with E-state index in [4.69, 9.17) is 9.39 Å². The number of likely N-dealkylation sites (N-methyl/N-ethyl adjacent to an activating group) is 1. The lowest BCUT2D eigenvalue weighted by Crippen LogP contribution is -2.56. The van der Waals surface area contributed by atoms with E-state index in [-0.39, 0.29) is 11.5 Å². The van der Waals surface area contributed by atoms with E-state index in [0.717, 1.165) is 0 Å². The van der Waals surface area contributed by atoms with Gasteiger partial charge in [-0.25, -0.2) is 9.78 Å². The molecule has 0 spiro atoms. The smallest absolute Gasteiger partial charge is 0.444 e. The molecule has 2 atom stereocenters. The normalized spacial score (nSPS) is 18.3. The Morgan fingerprint density at radius 1 is 1.24 bits per heavy atom. The Morgan fingerprint density at radius 2 is 1.82 bits per heavy atom. The van der Waals surface area contributed by atoms with Gasteiger partial charge in [-0.2, -0.15) is 0 Å². The zero-order chi connectivity index (χ0) is 26.0. The maximum Gasteiger partial charge on any atom is 0.494 e. The van der Waals surface area contributed by atoms with E-state index in [1.54, 1.807) is 39.8 Å². The van der Waals surface area contributed by atoms with Crippen LogP contribution in [0.4, 0.5) is 10.6 Å². The third kappa shape index (κ3) is 6.01. The van der Waals surface area contributed by atoms with Gasteiger partial charge in [0.1, 0.15) is 23.2 Å². The molecule has 0 saturated heterocycles. The molecule has 2 amide bonds. The SMILES string of the molecule is CC(C(=O)Nc1ccc2c(n1)C#C[Si](C(C)C)(C(C)C)C(C)OB2O)N(C)C(=O)OC(C)(C)C. The van der Waals surface area contributed by atoms with Crippen molar-refractivity contribution in [2.45, 2.75) is 90.8 Å². The van der Waals surface area contributed by atoms with E-state index in [2.05, 4.69) is 49.5 Å². The summed E-state index contributed by atoms with van der Waals surface area (Å²) in [6.45, 7) is 17.5. The van der Waals surface area contributed by atoms with Crippen LogP contribution in [-0.4, -0.2) is 66.5 Å². The van der Waals surface area contributed by atoms with E-state index in [1.807, 2.05) is 6.92 Å². The fraction of sp³-hybridized carbons (Fsp3) is 0.625. The predicted octanol–water partition coefficient (Wildman–Crippen LogP) is 3.08. The van der Waals surface area contributed by atoms with Crippen LogP contribution in [0.15, 0.2) is 12.1 Å². The molecule has 8 nitrogen and oxygen atoms in total. The first-order chi connectivity index (χ1) is 15.6. The zero-order valence-electron chi connectivity index (χ0n) is 22.0. The first-order valence-electron chi connectivity index (χ1n) is 11.7. The third-order valence-electron chi connectivity index (χ3n) is 6.40. The lowest BCUT2D eigenvalue weighted by molar-refractivity contribution is -0.120. The minimum absolute atomic E-state index is 0.160. The average molecular weight is 487 g/mol. The molecule has 10 heteroatoms. The highest BCUT2D eigenvalue weighted by atomic mass is 28.3. The van der Waals surface area contributed by atoms with E-state index in [0.29, 0.717) is 22.2 Å². The van der Waals surface area contributed by atoms with Gasteiger partial charge in [-0.05, 0) is 51.8 Å². The number of amides is 2. The molecule has 2 N–H and O–H groups in total. The summed E-state index contributed by atoms with van der Waals surface area (Å²) in [5.41, 5.74) is 4.18. The lowest BCUT2D eigenvalue weighted by atomic mass is 9.78. The maximum absolute atomic E-state index is 12.8. The van der Waals surface area contributed by atoms with E-state index in [9.17, 15) is 14.6 Å². The van der Waals surface area contributed by atoms with Crippen molar-refractivity contribution in [3.63, 3.8) is 0 Å². The number of aromatic nitrogens is 1. The number of nitrogens with one attached hydrogen (secondary N) is 1. The molecule has 1 aromatic rings. The maximum atomic E-state index is 12.8. The molecule has 1 aromatic heterocycles. The number of ether oxygens (including phenoxy) is 1. The molecule has 0 aliphatic carbocycles. The van der Waals surface area contributed by atoms with Crippen LogP contribution in [0.25, 0.3) is 0 Å². The summed E-state index contributed by atoms with van der Waals surface area (Å²) in [4.78, 5) is 30.8. The Bertz CT molecular complexity index is 975. The largest absolute Gasteiger partial charge is 0.494 e. The van der Waals surface area contributed by atoms with Gasteiger partial charge in [-0.1, -0.05) is 39.7 Å². The fourth-order valence-corrected chi connectivity index (χ4v) is 8.96. The summed E-state index contributed by atoms with van der Waals surface area (Å²) in [5, 5.41) is 13.5. The minimum atomic E-state index is -2.28. The molecule has 186 valence electrons. The Labute approximate surface area is 205 Å². The molecule has 1 aliphatic rings. The molecule has 1 aliphatic heterocycles. The highest BCUT2D eigenvalue weighted by Gasteiger charge is 2.47. The molecule has 0 fully saturated rings. The molecule has 0 radical (unpaired) electrons. The fourth-order valence-electron chi connectivity index (χ4n) is 4.28. The second kappa shape index (κ2) is 10.5. The Balaban J connectivity index is 2.33. The number of fused-ring (bicyclic) bond motifs is 1. The number of carbonyl (C=O) groups is 2. The number of nitrogens with zero attached hydrogens (tertiary/aromatic N) is 2. The molecule has 34 heavy (non-hydrogen) atoms. The van der Waals surface area contributed by atoms with Crippen LogP contribution in [-0.2, 0) is 14.2 Å². The number of rotatable bonds is 5. The minimum Gasteiger partial charge on any atom is -0.444 e. The molecule has 2 rings (SSSR count). The third-order valence-corrected chi connectivity index (χ3v) is 12.3. The monoisotopic (exact) mass is 487 g/mol. The average Bonchev–Trinajstić information content (AvgIpc) is 2.70. The number of hydrogen-bond acceptors (Lipinski definition) is 6. The van der Waals surface area contributed by atoms with Crippen LogP contribution >= 0.6 is 0 Å². The first-order valence-corrected chi connectivity index (χ1v) is 14.0. The Morgan fingerprint density at radius 3 is 2.35 bits per heavy atom. The molecule has 0 saturated carbocycles. The van der Waals surface area contributed by atoms with Gasteiger partial charge in [0.25, 0.3) is 0 Å². The quantitative estimate of drug-likeness (QED) is 0.489. The molecule has 0 aromatic carbocycles. The van der Waals surface area contributed by atoms with E-state index >= 15 is 0 Å². The van der Waals surface area contributed by atoms with Crippen LogP contribution in [0.5, 0.6) is 0 Å². The summed E-state index contributed by atoms with van der Waals surface area (Å²) < 4.78 is 11.4. The van der Waals surface area contributed by atoms with Crippen LogP contribution < -0.4 is 10.8 Å². The van der Waals surface area contributed by atoms with Crippen molar-refractivity contribution in [2.75, 3.05) is 12.4 Å². The van der Waals surface area contributed by atoms with Crippen LogP contribution in [0.1, 0.15) is 68.0 Å². The number of carbonyl (C=O) groups excluding carboxylic acids is 2. The van der Waals surface area contributed by atoms with Crippen molar-refractivity contribution < 1.29 is 24.0 Å². The molecule has 2 unspecified atom stereocenters. The van der Waals surface area contributed by atoms with Crippen molar-refractivity contribution in [3.8, 4) is 11.5 Å². The second-order valence-electron chi connectivity index (χ2n) is 10.5. The van der Waals surface area contributed by atoms with Crippen molar-refractivity contribution in [3.05, 3.63) is 17.8 Å².